The van der Waals surface area contributed by atoms with Crippen LogP contribution in [0.4, 0.5) is 11.5 Å². The number of hydrogen-bond acceptors (Lipinski definition) is 6. The second-order valence-corrected chi connectivity index (χ2v) is 5.77. The fourth-order valence-electron chi connectivity index (χ4n) is 2.11. The number of hydrogen-bond donors (Lipinski definition) is 1. The maximum atomic E-state index is 11.0. The third-order valence-corrected chi connectivity index (χ3v) is 3.78. The van der Waals surface area contributed by atoms with Gasteiger partial charge in [0, 0.05) is 56.0 Å². The van der Waals surface area contributed by atoms with Crippen molar-refractivity contribution in [2.45, 2.75) is 0 Å². The zero-order valence-corrected chi connectivity index (χ0v) is 13.0. The molecule has 0 aromatic carbocycles. The second-order valence-electron chi connectivity index (χ2n) is 4.85. The second kappa shape index (κ2) is 6.96. The van der Waals surface area contributed by atoms with Gasteiger partial charge in [-0.25, -0.2) is 4.98 Å². The number of aromatic nitrogens is 1. The number of rotatable bonds is 5. The Bertz CT molecular complexity index is 477. The monoisotopic (exact) mass is 343 g/mol. The van der Waals surface area contributed by atoms with Gasteiger partial charge in [-0.3, -0.25) is 15.0 Å². The van der Waals surface area contributed by atoms with Gasteiger partial charge in [-0.2, -0.15) is 0 Å². The van der Waals surface area contributed by atoms with Gasteiger partial charge in [0.1, 0.15) is 0 Å². The topological polar surface area (TPSA) is 74.5 Å². The molecule has 1 N–H and O–H groups in total. The molecule has 0 radical (unpaired) electrons. The van der Waals surface area contributed by atoms with Crippen LogP contribution < -0.4 is 5.32 Å². The summed E-state index contributed by atoms with van der Waals surface area (Å²) in [5.74, 6) is 0.326. The molecule has 2 rings (SSSR count). The highest BCUT2D eigenvalue weighted by Gasteiger charge is 2.17. The first-order valence-electron chi connectivity index (χ1n) is 6.51. The first-order valence-corrected chi connectivity index (χ1v) is 7.30. The first kappa shape index (κ1) is 15.1. The molecule has 0 aliphatic carbocycles. The number of nitro groups is 1. The zero-order chi connectivity index (χ0) is 14.5. The normalized spacial score (nSPS) is 17.1. The molecule has 1 aromatic rings. The molecule has 7 nitrogen and oxygen atoms in total. The molecule has 0 amide bonds. The molecule has 0 saturated carbocycles. The van der Waals surface area contributed by atoms with E-state index in [0.29, 0.717) is 16.8 Å². The summed E-state index contributed by atoms with van der Waals surface area (Å²) in [4.78, 5) is 19.3. The van der Waals surface area contributed by atoms with E-state index in [4.69, 9.17) is 0 Å². The molecule has 110 valence electrons. The summed E-state index contributed by atoms with van der Waals surface area (Å²) in [7, 11) is 2.12. The highest BCUT2D eigenvalue weighted by atomic mass is 79.9. The van der Waals surface area contributed by atoms with Gasteiger partial charge in [0.2, 0.25) is 5.82 Å². The Labute approximate surface area is 126 Å². The van der Waals surface area contributed by atoms with Crippen LogP contribution in [0.25, 0.3) is 0 Å². The lowest BCUT2D eigenvalue weighted by molar-refractivity contribution is -0.384. The Morgan fingerprint density at radius 3 is 2.80 bits per heavy atom. The van der Waals surface area contributed by atoms with Crippen molar-refractivity contribution in [1.29, 1.82) is 0 Å². The minimum Gasteiger partial charge on any atom is -0.363 e. The summed E-state index contributed by atoms with van der Waals surface area (Å²) in [5, 5.41) is 14.0. The molecule has 0 bridgehead atoms. The van der Waals surface area contributed by atoms with E-state index >= 15 is 0 Å². The van der Waals surface area contributed by atoms with Crippen LogP contribution in [-0.2, 0) is 0 Å². The predicted octanol–water partition coefficient (Wildman–Crippen LogP) is 1.41. The van der Waals surface area contributed by atoms with Crippen LogP contribution in [0.5, 0.6) is 0 Å². The Kier molecular flexibility index (Phi) is 5.27. The molecule has 0 atom stereocenters. The number of anilines is 1. The fourth-order valence-corrected chi connectivity index (χ4v) is 2.43. The SMILES string of the molecule is CN1CCN(CCNc2ncc(Br)cc2[N+](=O)[O-])CC1. The van der Waals surface area contributed by atoms with Crippen molar-refractivity contribution in [2.24, 2.45) is 0 Å². The standard InChI is InChI=1S/C12H18BrN5O2/c1-16-4-6-17(7-5-16)3-2-14-12-11(18(19)20)8-10(13)9-15-12/h8-9H,2-7H2,1H3,(H,14,15). The van der Waals surface area contributed by atoms with Crippen LogP contribution in [0.3, 0.4) is 0 Å². The van der Waals surface area contributed by atoms with Gasteiger partial charge in [-0.15, -0.1) is 0 Å². The van der Waals surface area contributed by atoms with E-state index in [1.54, 1.807) is 6.20 Å². The van der Waals surface area contributed by atoms with Gasteiger partial charge >= 0.3 is 5.69 Å². The van der Waals surface area contributed by atoms with Crippen molar-refractivity contribution >= 4 is 27.4 Å². The Morgan fingerprint density at radius 1 is 1.45 bits per heavy atom. The lowest BCUT2D eigenvalue weighted by Crippen LogP contribution is -2.45. The van der Waals surface area contributed by atoms with E-state index in [-0.39, 0.29) is 5.69 Å². The van der Waals surface area contributed by atoms with Crippen LogP contribution in [0.1, 0.15) is 0 Å². The summed E-state index contributed by atoms with van der Waals surface area (Å²) in [6.45, 7) is 5.72. The molecule has 1 aromatic heterocycles. The highest BCUT2D eigenvalue weighted by Crippen LogP contribution is 2.24. The molecule has 1 aliphatic heterocycles. The van der Waals surface area contributed by atoms with Gasteiger partial charge in [0.05, 0.1) is 4.92 Å². The quantitative estimate of drug-likeness (QED) is 0.643. The van der Waals surface area contributed by atoms with E-state index < -0.39 is 4.92 Å². The lowest BCUT2D eigenvalue weighted by atomic mass is 10.3. The fraction of sp³-hybridized carbons (Fsp3) is 0.583. The van der Waals surface area contributed by atoms with E-state index in [9.17, 15) is 10.1 Å². The Hall–Kier alpha value is -1.25. The Morgan fingerprint density at radius 2 is 2.15 bits per heavy atom. The van der Waals surface area contributed by atoms with Crippen molar-refractivity contribution in [3.63, 3.8) is 0 Å². The molecular weight excluding hydrogens is 326 g/mol. The van der Waals surface area contributed by atoms with Crippen LogP contribution in [0.15, 0.2) is 16.7 Å². The summed E-state index contributed by atoms with van der Waals surface area (Å²) in [6.07, 6.45) is 1.56. The molecule has 20 heavy (non-hydrogen) atoms. The summed E-state index contributed by atoms with van der Waals surface area (Å²) in [5.41, 5.74) is -0.00208. The van der Waals surface area contributed by atoms with Gasteiger partial charge < -0.3 is 10.2 Å². The summed E-state index contributed by atoms with van der Waals surface area (Å²) in [6, 6.07) is 1.46. The average Bonchev–Trinajstić information content (AvgIpc) is 2.42. The number of likely N-dealkylation sites (N-methyl/N-ethyl adjacent to an activating group) is 1. The van der Waals surface area contributed by atoms with Crippen molar-refractivity contribution in [1.82, 2.24) is 14.8 Å². The van der Waals surface area contributed by atoms with Gasteiger partial charge in [0.25, 0.3) is 0 Å². The maximum Gasteiger partial charge on any atom is 0.312 e. The van der Waals surface area contributed by atoms with E-state index in [1.165, 1.54) is 6.07 Å². The van der Waals surface area contributed by atoms with Gasteiger partial charge in [-0.05, 0) is 23.0 Å². The molecule has 1 fully saturated rings. The molecule has 1 saturated heterocycles. The maximum absolute atomic E-state index is 11.0. The average molecular weight is 344 g/mol. The molecule has 8 heteroatoms. The lowest BCUT2D eigenvalue weighted by Gasteiger charge is -2.32. The largest absolute Gasteiger partial charge is 0.363 e. The summed E-state index contributed by atoms with van der Waals surface area (Å²) < 4.78 is 0.605. The van der Waals surface area contributed by atoms with Crippen LogP contribution >= 0.6 is 15.9 Å². The minimum atomic E-state index is -0.421. The molecule has 1 aliphatic rings. The van der Waals surface area contributed by atoms with Crippen LogP contribution in [-0.4, -0.2) is 66.0 Å². The molecular formula is C12H18BrN5O2. The number of pyridine rings is 1. The highest BCUT2D eigenvalue weighted by molar-refractivity contribution is 9.10. The molecule has 2 heterocycles. The first-order chi connectivity index (χ1) is 9.56. The number of nitrogens with zero attached hydrogens (tertiary/aromatic N) is 4. The van der Waals surface area contributed by atoms with Crippen molar-refractivity contribution in [2.75, 3.05) is 51.6 Å². The predicted molar refractivity (Wildman–Crippen MR) is 81.0 cm³/mol. The van der Waals surface area contributed by atoms with E-state index in [1.807, 2.05) is 0 Å². The zero-order valence-electron chi connectivity index (χ0n) is 11.4. The van der Waals surface area contributed by atoms with Crippen molar-refractivity contribution in [3.05, 3.63) is 26.9 Å². The number of halogens is 1. The van der Waals surface area contributed by atoms with E-state index in [2.05, 4.69) is 43.1 Å². The molecule has 0 unspecified atom stereocenters. The third-order valence-electron chi connectivity index (χ3n) is 3.35. The van der Waals surface area contributed by atoms with E-state index in [0.717, 1.165) is 32.7 Å². The number of piperazine rings is 1. The van der Waals surface area contributed by atoms with Crippen molar-refractivity contribution < 1.29 is 4.92 Å². The smallest absolute Gasteiger partial charge is 0.312 e. The summed E-state index contributed by atoms with van der Waals surface area (Å²) >= 11 is 3.19. The number of nitrogens with one attached hydrogen (secondary N) is 1. The van der Waals surface area contributed by atoms with Crippen LogP contribution in [0.2, 0.25) is 0 Å². The van der Waals surface area contributed by atoms with Gasteiger partial charge in [-0.1, -0.05) is 0 Å². The molecule has 0 spiro atoms. The minimum absolute atomic E-state index is 0.00208. The van der Waals surface area contributed by atoms with Crippen molar-refractivity contribution in [3.8, 4) is 0 Å². The third kappa shape index (κ3) is 4.12. The van der Waals surface area contributed by atoms with Gasteiger partial charge in [0.15, 0.2) is 0 Å². The Balaban J connectivity index is 1.86. The van der Waals surface area contributed by atoms with Crippen LogP contribution in [0, 0.1) is 10.1 Å².